The standard InChI is InChI=1S/C31H42N4O6/c1-22(2)19-26(30(38)34-27(31(39)40)20-24-11-7-4-8-12-24)33-29(37)25(14-13-23-9-5-3-6-10-23)32-28(36)21-35-15-17-41-18-16-35/h3-12,22,25-27H,13-21H2,1-2H3,(H,32,36)(H,33,37)(H,34,38)(H,39,40)/t25?,26?,27-/m0/s1. The number of nitrogens with zero attached hydrogens (tertiary/aromatic N) is 1. The Hall–Kier alpha value is -3.76. The zero-order valence-electron chi connectivity index (χ0n) is 23.9. The van der Waals surface area contributed by atoms with E-state index in [0.717, 1.165) is 11.1 Å². The molecule has 10 nitrogen and oxygen atoms in total. The Morgan fingerprint density at radius 1 is 0.805 bits per heavy atom. The molecule has 41 heavy (non-hydrogen) atoms. The molecule has 0 spiro atoms. The van der Waals surface area contributed by atoms with E-state index in [0.29, 0.717) is 45.6 Å². The zero-order chi connectivity index (χ0) is 29.6. The molecule has 3 atom stereocenters. The van der Waals surface area contributed by atoms with Crippen LogP contribution in [0.5, 0.6) is 0 Å². The molecule has 2 unspecified atom stereocenters. The number of hydrogen-bond acceptors (Lipinski definition) is 6. The Morgan fingerprint density at radius 2 is 1.37 bits per heavy atom. The third-order valence-electron chi connectivity index (χ3n) is 6.92. The number of carbonyl (C=O) groups excluding carboxylic acids is 3. The fourth-order valence-corrected chi connectivity index (χ4v) is 4.72. The largest absolute Gasteiger partial charge is 0.480 e. The number of amides is 3. The van der Waals surface area contributed by atoms with Crippen LogP contribution in [0.2, 0.25) is 0 Å². The minimum absolute atomic E-state index is 0.0436. The number of rotatable bonds is 15. The average Bonchev–Trinajstić information content (AvgIpc) is 2.95. The topological polar surface area (TPSA) is 137 Å². The van der Waals surface area contributed by atoms with Gasteiger partial charge in [-0.1, -0.05) is 74.5 Å². The number of carbonyl (C=O) groups is 4. The molecule has 2 aromatic carbocycles. The Balaban J connectivity index is 1.70. The summed E-state index contributed by atoms with van der Waals surface area (Å²) >= 11 is 0. The van der Waals surface area contributed by atoms with Gasteiger partial charge in [-0.15, -0.1) is 0 Å². The quantitative estimate of drug-likeness (QED) is 0.258. The van der Waals surface area contributed by atoms with Gasteiger partial charge in [0.05, 0.1) is 19.8 Å². The molecule has 222 valence electrons. The predicted molar refractivity (Wildman–Crippen MR) is 155 cm³/mol. The summed E-state index contributed by atoms with van der Waals surface area (Å²) in [5.41, 5.74) is 1.79. The summed E-state index contributed by atoms with van der Waals surface area (Å²) in [5.74, 6) is -2.45. The summed E-state index contributed by atoms with van der Waals surface area (Å²) in [6.07, 6.45) is 1.31. The molecule has 4 N–H and O–H groups in total. The summed E-state index contributed by atoms with van der Waals surface area (Å²) in [4.78, 5) is 53.7. The first kappa shape index (κ1) is 31.8. The van der Waals surface area contributed by atoms with Crippen molar-refractivity contribution in [2.75, 3.05) is 32.8 Å². The molecule has 1 aliphatic heterocycles. The van der Waals surface area contributed by atoms with Crippen molar-refractivity contribution >= 4 is 23.7 Å². The molecule has 0 bridgehead atoms. The Bertz CT molecular complexity index is 1120. The Kier molecular flexibility index (Phi) is 12.8. The van der Waals surface area contributed by atoms with E-state index in [1.807, 2.05) is 55.1 Å². The third kappa shape index (κ3) is 11.3. The molecule has 3 amide bonds. The molecule has 3 rings (SSSR count). The van der Waals surface area contributed by atoms with Crippen LogP contribution >= 0.6 is 0 Å². The highest BCUT2D eigenvalue weighted by Gasteiger charge is 2.30. The lowest BCUT2D eigenvalue weighted by Gasteiger charge is -2.28. The smallest absolute Gasteiger partial charge is 0.326 e. The monoisotopic (exact) mass is 566 g/mol. The molecule has 0 aromatic heterocycles. The van der Waals surface area contributed by atoms with Gasteiger partial charge < -0.3 is 25.8 Å². The van der Waals surface area contributed by atoms with Crippen molar-refractivity contribution in [1.82, 2.24) is 20.9 Å². The van der Waals surface area contributed by atoms with Gasteiger partial charge in [0.15, 0.2) is 0 Å². The van der Waals surface area contributed by atoms with Gasteiger partial charge in [-0.25, -0.2) is 4.79 Å². The number of ether oxygens (including phenoxy) is 1. The van der Waals surface area contributed by atoms with E-state index in [4.69, 9.17) is 4.74 Å². The van der Waals surface area contributed by atoms with Crippen LogP contribution in [0, 0.1) is 5.92 Å². The van der Waals surface area contributed by atoms with Gasteiger partial charge in [0, 0.05) is 19.5 Å². The number of nitrogens with one attached hydrogen (secondary N) is 3. The van der Waals surface area contributed by atoms with Crippen molar-refractivity contribution in [3.8, 4) is 0 Å². The molecule has 1 heterocycles. The van der Waals surface area contributed by atoms with E-state index in [2.05, 4.69) is 16.0 Å². The van der Waals surface area contributed by atoms with E-state index in [-0.39, 0.29) is 24.8 Å². The third-order valence-corrected chi connectivity index (χ3v) is 6.92. The number of carboxylic acid groups (broad SMARTS) is 1. The summed E-state index contributed by atoms with van der Waals surface area (Å²) < 4.78 is 5.35. The maximum atomic E-state index is 13.5. The molecule has 0 saturated carbocycles. The molecular weight excluding hydrogens is 524 g/mol. The number of morpholine rings is 1. The lowest BCUT2D eigenvalue weighted by molar-refractivity contribution is -0.142. The van der Waals surface area contributed by atoms with Crippen LogP contribution in [0.4, 0.5) is 0 Å². The van der Waals surface area contributed by atoms with Crippen LogP contribution in [0.3, 0.4) is 0 Å². The van der Waals surface area contributed by atoms with E-state index < -0.39 is 35.9 Å². The molecule has 1 fully saturated rings. The highest BCUT2D eigenvalue weighted by atomic mass is 16.5. The Labute approximate surface area is 241 Å². The van der Waals surface area contributed by atoms with Gasteiger partial charge in [0.25, 0.3) is 0 Å². The van der Waals surface area contributed by atoms with E-state index >= 15 is 0 Å². The first-order chi connectivity index (χ1) is 19.7. The summed E-state index contributed by atoms with van der Waals surface area (Å²) in [6.45, 7) is 6.37. The average molecular weight is 567 g/mol. The van der Waals surface area contributed by atoms with Crippen LogP contribution in [-0.2, 0) is 36.8 Å². The van der Waals surface area contributed by atoms with Gasteiger partial charge in [-0.3, -0.25) is 19.3 Å². The normalized spacial score (nSPS) is 15.9. The van der Waals surface area contributed by atoms with E-state index in [9.17, 15) is 24.3 Å². The minimum Gasteiger partial charge on any atom is -0.480 e. The van der Waals surface area contributed by atoms with Crippen molar-refractivity contribution in [2.24, 2.45) is 5.92 Å². The SMILES string of the molecule is CC(C)CC(NC(=O)C(CCc1ccccc1)NC(=O)CN1CCOCC1)C(=O)N[C@@H](Cc1ccccc1)C(=O)O. The van der Waals surface area contributed by atoms with Gasteiger partial charge in [0.1, 0.15) is 18.1 Å². The fraction of sp³-hybridized carbons (Fsp3) is 0.484. The van der Waals surface area contributed by atoms with Gasteiger partial charge in [0.2, 0.25) is 17.7 Å². The van der Waals surface area contributed by atoms with Crippen molar-refractivity contribution in [1.29, 1.82) is 0 Å². The van der Waals surface area contributed by atoms with Crippen molar-refractivity contribution in [3.63, 3.8) is 0 Å². The summed E-state index contributed by atoms with van der Waals surface area (Å²) in [7, 11) is 0. The van der Waals surface area contributed by atoms with Crippen molar-refractivity contribution in [3.05, 3.63) is 71.8 Å². The van der Waals surface area contributed by atoms with Crippen LogP contribution < -0.4 is 16.0 Å². The highest BCUT2D eigenvalue weighted by molar-refractivity contribution is 5.93. The molecule has 1 aliphatic rings. The first-order valence-electron chi connectivity index (χ1n) is 14.2. The first-order valence-corrected chi connectivity index (χ1v) is 14.2. The second-order valence-corrected chi connectivity index (χ2v) is 10.8. The highest BCUT2D eigenvalue weighted by Crippen LogP contribution is 2.11. The molecule has 0 aliphatic carbocycles. The van der Waals surface area contributed by atoms with Crippen LogP contribution in [0.25, 0.3) is 0 Å². The number of carboxylic acids is 1. The lowest BCUT2D eigenvalue weighted by atomic mass is 10.00. The molecular formula is C31H42N4O6. The van der Waals surface area contributed by atoms with Gasteiger partial charge >= 0.3 is 5.97 Å². The fourth-order valence-electron chi connectivity index (χ4n) is 4.72. The molecule has 2 aromatic rings. The molecule has 10 heteroatoms. The maximum absolute atomic E-state index is 13.5. The van der Waals surface area contributed by atoms with Gasteiger partial charge in [-0.2, -0.15) is 0 Å². The summed E-state index contributed by atoms with van der Waals surface area (Å²) in [5, 5.41) is 18.1. The van der Waals surface area contributed by atoms with Crippen molar-refractivity contribution in [2.45, 2.75) is 57.7 Å². The van der Waals surface area contributed by atoms with Crippen LogP contribution in [-0.4, -0.2) is 84.7 Å². The van der Waals surface area contributed by atoms with E-state index in [1.165, 1.54) is 0 Å². The number of hydrogen-bond donors (Lipinski definition) is 4. The van der Waals surface area contributed by atoms with Crippen LogP contribution in [0.15, 0.2) is 60.7 Å². The number of aliphatic carboxylic acids is 1. The number of benzene rings is 2. The molecule has 0 radical (unpaired) electrons. The second-order valence-electron chi connectivity index (χ2n) is 10.8. The Morgan fingerprint density at radius 3 is 1.95 bits per heavy atom. The lowest BCUT2D eigenvalue weighted by Crippen LogP contribution is -2.57. The number of aryl methyl sites for hydroxylation is 1. The van der Waals surface area contributed by atoms with Crippen LogP contribution in [0.1, 0.15) is 37.8 Å². The predicted octanol–water partition coefficient (Wildman–Crippen LogP) is 1.78. The van der Waals surface area contributed by atoms with Crippen molar-refractivity contribution < 1.29 is 29.0 Å². The minimum atomic E-state index is -1.16. The van der Waals surface area contributed by atoms with E-state index in [1.54, 1.807) is 24.3 Å². The summed E-state index contributed by atoms with van der Waals surface area (Å²) in [6, 6.07) is 15.7. The zero-order valence-corrected chi connectivity index (χ0v) is 23.9. The van der Waals surface area contributed by atoms with Gasteiger partial charge in [-0.05, 0) is 36.3 Å². The second kappa shape index (κ2) is 16.5. The maximum Gasteiger partial charge on any atom is 0.326 e. The molecule has 1 saturated heterocycles.